The average molecular weight is 306 g/mol. The zero-order valence-electron chi connectivity index (χ0n) is 11.0. The molecule has 2 unspecified atom stereocenters. The Labute approximate surface area is 118 Å². The minimum Gasteiger partial charge on any atom is -0.380 e. The number of benzene rings is 1. The topological polar surface area (TPSA) is 55.2 Å². The molecule has 1 aromatic rings. The van der Waals surface area contributed by atoms with Gasteiger partial charge in [0, 0.05) is 18.2 Å². The number of hydrogen-bond acceptors (Lipinski definition) is 3. The molecule has 116 valence electrons. The van der Waals surface area contributed by atoms with Gasteiger partial charge in [-0.2, -0.15) is 13.2 Å². The normalized spacial score (nSPS) is 22.9. The van der Waals surface area contributed by atoms with Crippen molar-refractivity contribution >= 4 is 11.4 Å². The van der Waals surface area contributed by atoms with E-state index in [1.807, 2.05) is 0 Å². The van der Waals surface area contributed by atoms with Crippen molar-refractivity contribution in [3.8, 4) is 0 Å². The Bertz CT molecular complexity index is 533. The molecule has 1 aliphatic carbocycles. The summed E-state index contributed by atoms with van der Waals surface area (Å²) in [7, 11) is 0. The highest BCUT2D eigenvalue weighted by atomic mass is 19.4. The van der Waals surface area contributed by atoms with Crippen molar-refractivity contribution < 1.29 is 22.5 Å². The lowest BCUT2D eigenvalue weighted by Crippen LogP contribution is -2.34. The first-order valence-electron chi connectivity index (χ1n) is 6.54. The molecule has 21 heavy (non-hydrogen) atoms. The Kier molecular flexibility index (Phi) is 4.34. The van der Waals surface area contributed by atoms with Crippen LogP contribution in [0.25, 0.3) is 0 Å². The third kappa shape index (κ3) is 3.83. The van der Waals surface area contributed by atoms with E-state index in [0.717, 1.165) is 18.2 Å². The van der Waals surface area contributed by atoms with Gasteiger partial charge in [0.15, 0.2) is 0 Å². The van der Waals surface area contributed by atoms with Crippen LogP contribution in [-0.4, -0.2) is 17.1 Å². The SMILES string of the molecule is O=[N+]([O-])c1ccc(F)c(NC2CCCC(C(F)(F)F)C2)c1. The van der Waals surface area contributed by atoms with Crippen LogP contribution in [-0.2, 0) is 0 Å². The molecule has 2 atom stereocenters. The van der Waals surface area contributed by atoms with Crippen LogP contribution in [0, 0.1) is 21.8 Å². The molecule has 4 nitrogen and oxygen atoms in total. The molecule has 1 saturated carbocycles. The van der Waals surface area contributed by atoms with Crippen molar-refractivity contribution in [3.05, 3.63) is 34.1 Å². The maximum Gasteiger partial charge on any atom is 0.391 e. The monoisotopic (exact) mass is 306 g/mol. The highest BCUT2D eigenvalue weighted by Gasteiger charge is 2.42. The van der Waals surface area contributed by atoms with E-state index in [9.17, 15) is 27.7 Å². The molecular formula is C13H14F4N2O2. The van der Waals surface area contributed by atoms with E-state index in [1.165, 1.54) is 0 Å². The smallest absolute Gasteiger partial charge is 0.380 e. The van der Waals surface area contributed by atoms with Gasteiger partial charge in [-0.25, -0.2) is 4.39 Å². The van der Waals surface area contributed by atoms with E-state index in [2.05, 4.69) is 5.32 Å². The number of nitro groups is 1. The van der Waals surface area contributed by atoms with Gasteiger partial charge in [-0.3, -0.25) is 10.1 Å². The zero-order valence-corrected chi connectivity index (χ0v) is 11.0. The van der Waals surface area contributed by atoms with E-state index in [0.29, 0.717) is 12.8 Å². The Balaban J connectivity index is 2.11. The highest BCUT2D eigenvalue weighted by molar-refractivity contribution is 5.52. The van der Waals surface area contributed by atoms with Crippen LogP contribution in [0.1, 0.15) is 25.7 Å². The third-order valence-electron chi connectivity index (χ3n) is 3.66. The largest absolute Gasteiger partial charge is 0.391 e. The van der Waals surface area contributed by atoms with Crippen molar-refractivity contribution in [1.29, 1.82) is 0 Å². The highest BCUT2D eigenvalue weighted by Crippen LogP contribution is 2.38. The van der Waals surface area contributed by atoms with Gasteiger partial charge < -0.3 is 5.32 Å². The van der Waals surface area contributed by atoms with Gasteiger partial charge in [-0.05, 0) is 25.3 Å². The molecule has 0 spiro atoms. The Morgan fingerprint density at radius 3 is 2.62 bits per heavy atom. The molecule has 2 rings (SSSR count). The maximum absolute atomic E-state index is 13.6. The fraction of sp³-hybridized carbons (Fsp3) is 0.538. The fourth-order valence-corrected chi connectivity index (χ4v) is 2.58. The molecule has 0 aromatic heterocycles. The predicted octanol–water partition coefficient (Wildman–Crippen LogP) is 4.27. The predicted molar refractivity (Wildman–Crippen MR) is 68.5 cm³/mol. The first-order valence-corrected chi connectivity index (χ1v) is 6.54. The first kappa shape index (κ1) is 15.5. The van der Waals surface area contributed by atoms with Crippen molar-refractivity contribution in [2.75, 3.05) is 5.32 Å². The zero-order chi connectivity index (χ0) is 15.6. The summed E-state index contributed by atoms with van der Waals surface area (Å²) >= 11 is 0. The fourth-order valence-electron chi connectivity index (χ4n) is 2.58. The maximum atomic E-state index is 13.6. The number of nitrogens with one attached hydrogen (secondary N) is 1. The van der Waals surface area contributed by atoms with Crippen molar-refractivity contribution in [1.82, 2.24) is 0 Å². The van der Waals surface area contributed by atoms with E-state index < -0.39 is 28.9 Å². The second kappa shape index (κ2) is 5.87. The van der Waals surface area contributed by atoms with Gasteiger partial charge in [-0.15, -0.1) is 0 Å². The number of halogens is 4. The van der Waals surface area contributed by atoms with E-state index in [1.54, 1.807) is 0 Å². The Morgan fingerprint density at radius 2 is 2.00 bits per heavy atom. The molecule has 1 aliphatic rings. The van der Waals surface area contributed by atoms with Crippen LogP contribution in [0.5, 0.6) is 0 Å². The summed E-state index contributed by atoms with van der Waals surface area (Å²) < 4.78 is 51.7. The van der Waals surface area contributed by atoms with Gasteiger partial charge >= 0.3 is 6.18 Å². The Hall–Kier alpha value is -1.86. The molecule has 8 heteroatoms. The van der Waals surface area contributed by atoms with E-state index >= 15 is 0 Å². The molecular weight excluding hydrogens is 292 g/mol. The molecule has 1 aromatic carbocycles. The van der Waals surface area contributed by atoms with Crippen LogP contribution in [0.15, 0.2) is 18.2 Å². The average Bonchev–Trinajstić information content (AvgIpc) is 2.40. The van der Waals surface area contributed by atoms with Gasteiger partial charge in [0.25, 0.3) is 5.69 Å². The molecule has 0 bridgehead atoms. The summed E-state index contributed by atoms with van der Waals surface area (Å²) in [5.41, 5.74) is -0.431. The summed E-state index contributed by atoms with van der Waals surface area (Å²) in [6, 6.07) is 2.42. The van der Waals surface area contributed by atoms with Crippen molar-refractivity contribution in [2.24, 2.45) is 5.92 Å². The van der Waals surface area contributed by atoms with Crippen molar-refractivity contribution in [2.45, 2.75) is 37.9 Å². The van der Waals surface area contributed by atoms with Gasteiger partial charge in [0.1, 0.15) is 5.82 Å². The van der Waals surface area contributed by atoms with Crippen LogP contribution >= 0.6 is 0 Å². The number of non-ortho nitro benzene ring substituents is 1. The summed E-state index contributed by atoms with van der Waals surface area (Å²) in [5.74, 6) is -2.12. The summed E-state index contributed by atoms with van der Waals surface area (Å²) in [5, 5.41) is 13.3. The molecule has 1 fully saturated rings. The third-order valence-corrected chi connectivity index (χ3v) is 3.66. The van der Waals surface area contributed by atoms with Crippen LogP contribution in [0.3, 0.4) is 0 Å². The summed E-state index contributed by atoms with van der Waals surface area (Å²) in [6.45, 7) is 0. The first-order chi connectivity index (χ1) is 9.77. The molecule has 0 aliphatic heterocycles. The number of rotatable bonds is 3. The van der Waals surface area contributed by atoms with Gasteiger partial charge in [-0.1, -0.05) is 6.42 Å². The number of hydrogen-bond donors (Lipinski definition) is 1. The summed E-state index contributed by atoms with van der Waals surface area (Å²) in [6.07, 6.45) is -3.47. The molecule has 0 radical (unpaired) electrons. The van der Waals surface area contributed by atoms with Gasteiger partial charge in [0.2, 0.25) is 0 Å². The van der Waals surface area contributed by atoms with Gasteiger partial charge in [0.05, 0.1) is 16.5 Å². The molecule has 0 saturated heterocycles. The molecule has 0 amide bonds. The standard InChI is InChI=1S/C13H14F4N2O2/c14-11-5-4-10(19(20)21)7-12(11)18-9-3-1-2-8(6-9)13(15,16)17/h4-5,7-9,18H,1-3,6H2. The quantitative estimate of drug-likeness (QED) is 0.515. The second-order valence-corrected chi connectivity index (χ2v) is 5.17. The minimum absolute atomic E-state index is 0.0686. The lowest BCUT2D eigenvalue weighted by atomic mass is 9.85. The molecule has 1 N–H and O–H groups in total. The van der Waals surface area contributed by atoms with E-state index in [4.69, 9.17) is 0 Å². The number of nitro benzene ring substituents is 1. The van der Waals surface area contributed by atoms with Crippen LogP contribution in [0.2, 0.25) is 0 Å². The Morgan fingerprint density at radius 1 is 1.29 bits per heavy atom. The number of anilines is 1. The lowest BCUT2D eigenvalue weighted by molar-refractivity contribution is -0.384. The molecule has 0 heterocycles. The minimum atomic E-state index is -4.26. The second-order valence-electron chi connectivity index (χ2n) is 5.17. The van der Waals surface area contributed by atoms with Crippen LogP contribution in [0.4, 0.5) is 28.9 Å². The van der Waals surface area contributed by atoms with E-state index in [-0.39, 0.29) is 24.2 Å². The number of alkyl halides is 3. The number of nitrogens with zero attached hydrogens (tertiary/aromatic N) is 1. The lowest BCUT2D eigenvalue weighted by Gasteiger charge is -2.31. The van der Waals surface area contributed by atoms with Crippen LogP contribution < -0.4 is 5.32 Å². The summed E-state index contributed by atoms with van der Waals surface area (Å²) in [4.78, 5) is 9.97. The van der Waals surface area contributed by atoms with Crippen molar-refractivity contribution in [3.63, 3.8) is 0 Å².